The molecule has 1 aromatic carbocycles. The summed E-state index contributed by atoms with van der Waals surface area (Å²) in [6.45, 7) is 0.593. The van der Waals surface area contributed by atoms with Gasteiger partial charge in [-0.05, 0) is 37.3 Å². The van der Waals surface area contributed by atoms with Crippen LogP contribution in [-0.2, 0) is 4.79 Å². The first kappa shape index (κ1) is 19.4. The number of carbonyl (C=O) groups excluding carboxylic acids is 1. The van der Waals surface area contributed by atoms with Crippen LogP contribution in [0.5, 0.6) is 5.88 Å². The van der Waals surface area contributed by atoms with Crippen molar-refractivity contribution in [2.24, 2.45) is 5.92 Å². The van der Waals surface area contributed by atoms with Gasteiger partial charge in [0.25, 0.3) is 5.91 Å². The van der Waals surface area contributed by atoms with Gasteiger partial charge in [0.05, 0.1) is 5.92 Å². The predicted octanol–water partition coefficient (Wildman–Crippen LogP) is 3.73. The number of rotatable bonds is 5. The smallest absolute Gasteiger partial charge is 0.308 e. The van der Waals surface area contributed by atoms with E-state index in [-0.39, 0.29) is 24.5 Å². The lowest BCUT2D eigenvalue weighted by molar-refractivity contribution is -0.141. The second kappa shape index (κ2) is 8.64. The van der Waals surface area contributed by atoms with Gasteiger partial charge in [0, 0.05) is 36.8 Å². The van der Waals surface area contributed by atoms with Crippen LogP contribution in [0.25, 0.3) is 0 Å². The number of likely N-dealkylation sites (tertiary alicyclic amines) is 1. The Hall–Kier alpha value is -2.89. The molecule has 2 fully saturated rings. The SMILES string of the molecule is O=C(O)C1CN(C(=O)c2ccnc(OC3CCCCC3)c2)CC1c1ccccc1. The first-order chi connectivity index (χ1) is 14.1. The highest BCUT2D eigenvalue weighted by Gasteiger charge is 2.40. The van der Waals surface area contributed by atoms with Gasteiger partial charge >= 0.3 is 5.97 Å². The van der Waals surface area contributed by atoms with Crippen molar-refractivity contribution in [2.75, 3.05) is 13.1 Å². The fourth-order valence-corrected chi connectivity index (χ4v) is 4.40. The van der Waals surface area contributed by atoms with Gasteiger partial charge in [-0.15, -0.1) is 0 Å². The molecule has 1 aromatic heterocycles. The lowest BCUT2D eigenvalue weighted by atomic mass is 9.89. The van der Waals surface area contributed by atoms with Gasteiger partial charge in [0.1, 0.15) is 6.10 Å². The minimum atomic E-state index is -0.870. The normalized spacial score (nSPS) is 22.4. The van der Waals surface area contributed by atoms with Crippen LogP contribution in [0.2, 0.25) is 0 Å². The summed E-state index contributed by atoms with van der Waals surface area (Å²) >= 11 is 0. The Bertz CT molecular complexity index is 864. The highest BCUT2D eigenvalue weighted by atomic mass is 16.5. The topological polar surface area (TPSA) is 79.7 Å². The van der Waals surface area contributed by atoms with E-state index >= 15 is 0 Å². The van der Waals surface area contributed by atoms with Gasteiger partial charge in [-0.25, -0.2) is 4.98 Å². The summed E-state index contributed by atoms with van der Waals surface area (Å²) in [4.78, 5) is 30.8. The van der Waals surface area contributed by atoms with Gasteiger partial charge in [-0.2, -0.15) is 0 Å². The maximum atomic E-state index is 13.1. The minimum absolute atomic E-state index is 0.159. The maximum absolute atomic E-state index is 13.1. The van der Waals surface area contributed by atoms with Crippen LogP contribution in [-0.4, -0.2) is 46.1 Å². The fourth-order valence-electron chi connectivity index (χ4n) is 4.40. The number of nitrogens with zero attached hydrogens (tertiary/aromatic N) is 2. The van der Waals surface area contributed by atoms with Crippen LogP contribution in [0.15, 0.2) is 48.7 Å². The van der Waals surface area contributed by atoms with Crippen molar-refractivity contribution < 1.29 is 19.4 Å². The Labute approximate surface area is 170 Å². The van der Waals surface area contributed by atoms with Crippen LogP contribution < -0.4 is 4.74 Å². The predicted molar refractivity (Wildman–Crippen MR) is 108 cm³/mol. The largest absolute Gasteiger partial charge is 0.481 e. The number of hydrogen-bond donors (Lipinski definition) is 1. The Morgan fingerprint density at radius 2 is 1.79 bits per heavy atom. The number of ether oxygens (including phenoxy) is 1. The number of aromatic nitrogens is 1. The number of pyridine rings is 1. The lowest BCUT2D eigenvalue weighted by Crippen LogP contribution is -2.30. The zero-order valence-corrected chi connectivity index (χ0v) is 16.4. The molecule has 2 unspecified atom stereocenters. The van der Waals surface area contributed by atoms with E-state index in [1.165, 1.54) is 6.42 Å². The summed E-state index contributed by atoms with van der Waals surface area (Å²) < 4.78 is 5.98. The molecule has 1 aliphatic carbocycles. The van der Waals surface area contributed by atoms with E-state index in [1.807, 2.05) is 30.3 Å². The van der Waals surface area contributed by atoms with E-state index in [1.54, 1.807) is 23.2 Å². The number of carboxylic acids is 1. The summed E-state index contributed by atoms with van der Waals surface area (Å²) in [5.41, 5.74) is 1.44. The van der Waals surface area contributed by atoms with Crippen LogP contribution in [0.4, 0.5) is 0 Å². The van der Waals surface area contributed by atoms with E-state index in [9.17, 15) is 14.7 Å². The number of carboxylic acid groups (broad SMARTS) is 1. The molecular formula is C23H26N2O4. The molecule has 0 radical (unpaired) electrons. The maximum Gasteiger partial charge on any atom is 0.308 e. The summed E-state index contributed by atoms with van der Waals surface area (Å²) in [7, 11) is 0. The first-order valence-corrected chi connectivity index (χ1v) is 10.3. The Kier molecular flexibility index (Phi) is 5.79. The molecule has 1 saturated carbocycles. The number of carbonyl (C=O) groups is 2. The van der Waals surface area contributed by atoms with Crippen molar-refractivity contribution in [3.8, 4) is 5.88 Å². The third-order valence-electron chi connectivity index (χ3n) is 5.97. The quantitative estimate of drug-likeness (QED) is 0.836. The summed E-state index contributed by atoms with van der Waals surface area (Å²) in [6, 6.07) is 12.9. The molecule has 6 nitrogen and oxygen atoms in total. The minimum Gasteiger partial charge on any atom is -0.481 e. The molecule has 1 aliphatic heterocycles. The number of amides is 1. The fraction of sp³-hybridized carbons (Fsp3) is 0.435. The van der Waals surface area contributed by atoms with Crippen molar-refractivity contribution >= 4 is 11.9 Å². The van der Waals surface area contributed by atoms with Crippen molar-refractivity contribution in [3.63, 3.8) is 0 Å². The number of benzene rings is 1. The number of aliphatic carboxylic acids is 1. The molecule has 4 rings (SSSR count). The summed E-state index contributed by atoms with van der Waals surface area (Å²) in [6.07, 6.45) is 7.35. The van der Waals surface area contributed by atoms with Crippen LogP contribution in [0.1, 0.15) is 53.9 Å². The van der Waals surface area contributed by atoms with E-state index < -0.39 is 11.9 Å². The molecule has 1 N–H and O–H groups in total. The monoisotopic (exact) mass is 394 g/mol. The van der Waals surface area contributed by atoms with Gasteiger partial charge in [0.2, 0.25) is 5.88 Å². The Balaban J connectivity index is 1.49. The highest BCUT2D eigenvalue weighted by Crippen LogP contribution is 2.34. The van der Waals surface area contributed by atoms with E-state index in [2.05, 4.69) is 4.98 Å². The molecule has 29 heavy (non-hydrogen) atoms. The molecule has 1 amide bonds. The second-order valence-corrected chi connectivity index (χ2v) is 7.93. The van der Waals surface area contributed by atoms with Gasteiger partial charge in [-0.3, -0.25) is 9.59 Å². The molecule has 6 heteroatoms. The molecule has 2 heterocycles. The van der Waals surface area contributed by atoms with E-state index in [4.69, 9.17) is 4.74 Å². The lowest BCUT2D eigenvalue weighted by Gasteiger charge is -2.22. The molecule has 2 atom stereocenters. The molecule has 2 aromatic rings. The molecule has 0 bridgehead atoms. The average Bonchev–Trinajstić information content (AvgIpc) is 3.21. The molecule has 2 aliphatic rings. The zero-order chi connectivity index (χ0) is 20.2. The van der Waals surface area contributed by atoms with Crippen molar-refractivity contribution in [2.45, 2.75) is 44.1 Å². The molecular weight excluding hydrogens is 368 g/mol. The van der Waals surface area contributed by atoms with E-state index in [0.29, 0.717) is 18.0 Å². The van der Waals surface area contributed by atoms with Gasteiger partial charge < -0.3 is 14.7 Å². The van der Waals surface area contributed by atoms with Crippen molar-refractivity contribution in [3.05, 3.63) is 59.8 Å². The van der Waals surface area contributed by atoms with Crippen molar-refractivity contribution in [1.29, 1.82) is 0 Å². The van der Waals surface area contributed by atoms with Gasteiger partial charge in [0.15, 0.2) is 0 Å². The Morgan fingerprint density at radius 3 is 2.52 bits per heavy atom. The molecule has 1 saturated heterocycles. The van der Waals surface area contributed by atoms with Crippen molar-refractivity contribution in [1.82, 2.24) is 9.88 Å². The second-order valence-electron chi connectivity index (χ2n) is 7.93. The zero-order valence-electron chi connectivity index (χ0n) is 16.4. The third-order valence-corrected chi connectivity index (χ3v) is 5.97. The van der Waals surface area contributed by atoms with Crippen LogP contribution in [0, 0.1) is 5.92 Å². The molecule has 0 spiro atoms. The van der Waals surface area contributed by atoms with Crippen LogP contribution in [0.3, 0.4) is 0 Å². The van der Waals surface area contributed by atoms with Crippen LogP contribution >= 0.6 is 0 Å². The highest BCUT2D eigenvalue weighted by molar-refractivity contribution is 5.95. The summed E-state index contributed by atoms with van der Waals surface area (Å²) in [5, 5.41) is 9.67. The molecule has 152 valence electrons. The van der Waals surface area contributed by atoms with Gasteiger partial charge in [-0.1, -0.05) is 36.8 Å². The standard InChI is InChI=1S/C23H26N2O4/c26-22(17-11-12-24-21(13-17)29-18-9-5-2-6-10-18)25-14-19(20(15-25)23(27)28)16-7-3-1-4-8-16/h1,3-4,7-8,11-13,18-20H,2,5-6,9-10,14-15H2,(H,27,28). The van der Waals surface area contributed by atoms with E-state index in [0.717, 1.165) is 31.2 Å². The average molecular weight is 394 g/mol. The number of hydrogen-bond acceptors (Lipinski definition) is 4. The third kappa shape index (κ3) is 4.42. The summed E-state index contributed by atoms with van der Waals surface area (Å²) in [5.74, 6) is -1.40. The Morgan fingerprint density at radius 1 is 1.03 bits per heavy atom. The first-order valence-electron chi connectivity index (χ1n) is 10.3.